The van der Waals surface area contributed by atoms with Gasteiger partial charge in [0, 0.05) is 6.42 Å². The molecule has 1 fully saturated rings. The van der Waals surface area contributed by atoms with Crippen molar-refractivity contribution in [3.63, 3.8) is 0 Å². The lowest BCUT2D eigenvalue weighted by molar-refractivity contribution is -0.0353. The first-order chi connectivity index (χ1) is 15.7. The number of aliphatic hydroxyl groups is 3. The molecule has 6 atom stereocenters. The Hall–Kier alpha value is -2.68. The quantitative estimate of drug-likeness (QED) is 0.301. The van der Waals surface area contributed by atoms with Crippen molar-refractivity contribution in [3.8, 4) is 0 Å². The van der Waals surface area contributed by atoms with Crippen molar-refractivity contribution >= 4 is 27.0 Å². The van der Waals surface area contributed by atoms with Crippen molar-refractivity contribution < 1.29 is 28.5 Å². The molecular weight excluding hydrogens is 452 g/mol. The van der Waals surface area contributed by atoms with Gasteiger partial charge in [0.1, 0.15) is 18.5 Å². The molecule has 0 spiro atoms. The van der Waals surface area contributed by atoms with Gasteiger partial charge in [-0.3, -0.25) is 4.57 Å². The number of primary sulfonamides is 1. The van der Waals surface area contributed by atoms with E-state index in [1.54, 1.807) is 0 Å². The van der Waals surface area contributed by atoms with Crippen molar-refractivity contribution in [2.45, 2.75) is 49.5 Å². The van der Waals surface area contributed by atoms with Crippen LogP contribution < -0.4 is 10.5 Å². The van der Waals surface area contributed by atoms with Crippen LogP contribution in [0.1, 0.15) is 29.8 Å². The fourth-order valence-electron chi connectivity index (χ4n) is 4.52. The average molecular weight is 477 g/mol. The monoisotopic (exact) mass is 476 g/mol. The zero-order valence-electron chi connectivity index (χ0n) is 17.4. The van der Waals surface area contributed by atoms with E-state index in [2.05, 4.69) is 20.3 Å². The molecule has 5 rings (SSSR count). The number of sulfonamides is 1. The van der Waals surface area contributed by atoms with E-state index in [9.17, 15) is 23.7 Å². The van der Waals surface area contributed by atoms with E-state index in [1.807, 2.05) is 24.3 Å². The Morgan fingerprint density at radius 2 is 1.94 bits per heavy atom. The molecule has 2 aromatic heterocycles. The fraction of sp³-hybridized carbons (Fsp3) is 0.450. The van der Waals surface area contributed by atoms with Crippen molar-refractivity contribution in [1.82, 2.24) is 19.5 Å². The van der Waals surface area contributed by atoms with Gasteiger partial charge in [-0.15, -0.1) is 0 Å². The predicted octanol–water partition coefficient (Wildman–Crippen LogP) is -0.806. The van der Waals surface area contributed by atoms with Gasteiger partial charge < -0.3 is 25.4 Å². The minimum Gasteiger partial charge on any atom is -0.390 e. The van der Waals surface area contributed by atoms with Crippen LogP contribution in [0.4, 0.5) is 5.82 Å². The summed E-state index contributed by atoms with van der Waals surface area (Å²) in [5, 5.41) is 39.7. The number of nitrogens with one attached hydrogen (secondary N) is 1. The Labute approximate surface area is 189 Å². The number of benzene rings is 1. The maximum absolute atomic E-state index is 11.3. The number of aliphatic hydroxyl groups excluding tert-OH is 3. The highest BCUT2D eigenvalue weighted by Crippen LogP contribution is 2.36. The number of ether oxygens (including phenoxy) is 1. The first-order valence-corrected chi connectivity index (χ1v) is 12.2. The lowest BCUT2D eigenvalue weighted by atomic mass is 10.1. The molecular formula is C20H24N6O6S. The number of imidazole rings is 1. The third-order valence-electron chi connectivity index (χ3n) is 6.15. The molecule has 0 saturated carbocycles. The molecule has 12 nitrogen and oxygen atoms in total. The number of anilines is 1. The molecule has 0 amide bonds. The van der Waals surface area contributed by atoms with E-state index in [0.29, 0.717) is 23.4 Å². The zero-order valence-corrected chi connectivity index (χ0v) is 18.2. The van der Waals surface area contributed by atoms with Crippen LogP contribution in [-0.4, -0.2) is 73.4 Å². The van der Waals surface area contributed by atoms with Gasteiger partial charge in [-0.05, 0) is 17.5 Å². The Bertz CT molecular complexity index is 1280. The third kappa shape index (κ3) is 4.07. The van der Waals surface area contributed by atoms with Crippen LogP contribution in [0.25, 0.3) is 11.2 Å². The first kappa shape index (κ1) is 22.1. The SMILES string of the molecule is NS(=O)(=O)CC[C@H]1O[C@@H](n2cnc3c(N[C@@H]4c5ccccc5C[C@@H]4O)ncnc32)[C@H](O)[C@@H]1O. The maximum atomic E-state index is 11.3. The summed E-state index contributed by atoms with van der Waals surface area (Å²) in [6.07, 6.45) is -2.04. The minimum absolute atomic E-state index is 0.0685. The molecule has 176 valence electrons. The number of nitrogens with two attached hydrogens (primary N) is 1. The highest BCUT2D eigenvalue weighted by Gasteiger charge is 2.44. The van der Waals surface area contributed by atoms with Crippen LogP contribution in [0, 0.1) is 0 Å². The smallest absolute Gasteiger partial charge is 0.209 e. The van der Waals surface area contributed by atoms with Crippen LogP contribution in [0.3, 0.4) is 0 Å². The molecule has 0 radical (unpaired) electrons. The minimum atomic E-state index is -3.74. The number of aromatic nitrogens is 4. The van der Waals surface area contributed by atoms with Gasteiger partial charge in [0.2, 0.25) is 10.0 Å². The highest BCUT2D eigenvalue weighted by molar-refractivity contribution is 7.89. The maximum Gasteiger partial charge on any atom is 0.209 e. The van der Waals surface area contributed by atoms with E-state index in [4.69, 9.17) is 9.88 Å². The Kier molecular flexibility index (Phi) is 5.55. The molecule has 1 aromatic carbocycles. The normalized spacial score (nSPS) is 29.5. The Balaban J connectivity index is 1.41. The van der Waals surface area contributed by atoms with Crippen LogP contribution in [0.2, 0.25) is 0 Å². The van der Waals surface area contributed by atoms with Crippen LogP contribution in [0.5, 0.6) is 0 Å². The number of fused-ring (bicyclic) bond motifs is 2. The standard InChI is InChI=1S/C20H24N6O6S/c21-33(30,31)6-5-13-16(28)17(29)20(32-13)26-9-24-15-18(22-8-23-19(15)26)25-14-11-4-2-1-3-10(11)7-12(14)27/h1-4,8-9,12-14,16-17,20,27-29H,5-7H2,(H2,21,30,31)(H,22,23,25)/t12-,13+,14+,16+,17+,20+/m0/s1. The summed E-state index contributed by atoms with van der Waals surface area (Å²) in [7, 11) is -3.74. The molecule has 1 aliphatic carbocycles. The second-order valence-corrected chi connectivity index (χ2v) is 10.1. The van der Waals surface area contributed by atoms with E-state index in [-0.39, 0.29) is 18.2 Å². The lowest BCUT2D eigenvalue weighted by Gasteiger charge is -2.19. The largest absolute Gasteiger partial charge is 0.390 e. The molecule has 6 N–H and O–H groups in total. The zero-order chi connectivity index (χ0) is 23.3. The molecule has 33 heavy (non-hydrogen) atoms. The lowest BCUT2D eigenvalue weighted by Crippen LogP contribution is -2.33. The van der Waals surface area contributed by atoms with Crippen LogP contribution >= 0.6 is 0 Å². The highest BCUT2D eigenvalue weighted by atomic mass is 32.2. The van der Waals surface area contributed by atoms with Gasteiger partial charge in [0.25, 0.3) is 0 Å². The van der Waals surface area contributed by atoms with Crippen LogP contribution in [-0.2, 0) is 21.2 Å². The van der Waals surface area contributed by atoms with Gasteiger partial charge in [0.15, 0.2) is 23.2 Å². The van der Waals surface area contributed by atoms with Crippen LogP contribution in [0.15, 0.2) is 36.9 Å². The van der Waals surface area contributed by atoms with Crippen molar-refractivity contribution in [2.75, 3.05) is 11.1 Å². The van der Waals surface area contributed by atoms with E-state index in [1.165, 1.54) is 17.2 Å². The Morgan fingerprint density at radius 1 is 1.15 bits per heavy atom. The topological polar surface area (TPSA) is 186 Å². The summed E-state index contributed by atoms with van der Waals surface area (Å²) in [6.45, 7) is 0. The molecule has 1 aliphatic heterocycles. The van der Waals surface area contributed by atoms with E-state index in [0.717, 1.165) is 11.1 Å². The molecule has 2 aliphatic rings. The summed E-state index contributed by atoms with van der Waals surface area (Å²) in [5.74, 6) is 0.0126. The number of hydrogen-bond donors (Lipinski definition) is 5. The van der Waals surface area contributed by atoms with Gasteiger partial charge in [-0.25, -0.2) is 28.5 Å². The van der Waals surface area contributed by atoms with Gasteiger partial charge in [-0.2, -0.15) is 0 Å². The average Bonchev–Trinajstić information content (AvgIpc) is 3.42. The van der Waals surface area contributed by atoms with E-state index < -0.39 is 40.7 Å². The fourth-order valence-corrected chi connectivity index (χ4v) is 5.08. The molecule has 3 heterocycles. The summed E-state index contributed by atoms with van der Waals surface area (Å²) >= 11 is 0. The van der Waals surface area contributed by atoms with Gasteiger partial charge in [-0.1, -0.05) is 24.3 Å². The van der Waals surface area contributed by atoms with E-state index >= 15 is 0 Å². The number of hydrogen-bond acceptors (Lipinski definition) is 10. The summed E-state index contributed by atoms with van der Waals surface area (Å²) in [6, 6.07) is 7.39. The molecule has 3 aromatic rings. The molecule has 13 heteroatoms. The van der Waals surface area contributed by atoms with Crippen molar-refractivity contribution in [2.24, 2.45) is 5.14 Å². The summed E-state index contributed by atoms with van der Waals surface area (Å²) in [4.78, 5) is 12.9. The van der Waals surface area contributed by atoms with Gasteiger partial charge in [0.05, 0.1) is 30.3 Å². The number of nitrogens with zero attached hydrogens (tertiary/aromatic N) is 4. The molecule has 0 bridgehead atoms. The number of rotatable bonds is 6. The predicted molar refractivity (Wildman–Crippen MR) is 116 cm³/mol. The van der Waals surface area contributed by atoms with Gasteiger partial charge >= 0.3 is 0 Å². The molecule has 1 saturated heterocycles. The summed E-state index contributed by atoms with van der Waals surface area (Å²) < 4.78 is 29.7. The first-order valence-electron chi connectivity index (χ1n) is 10.4. The molecule has 0 unspecified atom stereocenters. The van der Waals surface area contributed by atoms with Crippen molar-refractivity contribution in [3.05, 3.63) is 48.0 Å². The summed E-state index contributed by atoms with van der Waals surface area (Å²) in [5.41, 5.74) is 2.77. The van der Waals surface area contributed by atoms with Crippen molar-refractivity contribution in [1.29, 1.82) is 0 Å². The second kappa shape index (κ2) is 8.27. The second-order valence-electron chi connectivity index (χ2n) is 8.34. The Morgan fingerprint density at radius 3 is 2.73 bits per heavy atom. The third-order valence-corrected chi connectivity index (χ3v) is 6.96.